The van der Waals surface area contributed by atoms with Crippen molar-refractivity contribution in [1.29, 1.82) is 0 Å². The van der Waals surface area contributed by atoms with Crippen LogP contribution in [0, 0.1) is 17.6 Å². The number of fused-ring (bicyclic) bond motifs is 2. The molecule has 1 unspecified atom stereocenters. The van der Waals surface area contributed by atoms with E-state index < -0.39 is 34.7 Å². The normalized spacial score (nSPS) is 16.4. The van der Waals surface area contributed by atoms with Gasteiger partial charge in [-0.05, 0) is 41.4 Å². The van der Waals surface area contributed by atoms with Gasteiger partial charge in [0, 0.05) is 24.7 Å². The largest absolute Gasteiger partial charge is 0.503 e. The van der Waals surface area contributed by atoms with Gasteiger partial charge >= 0.3 is 12.1 Å². The average molecular weight is 502 g/mol. The van der Waals surface area contributed by atoms with Crippen molar-refractivity contribution in [3.63, 3.8) is 0 Å². The van der Waals surface area contributed by atoms with Crippen LogP contribution in [0.15, 0.2) is 36.5 Å². The molecule has 186 valence electrons. The molecule has 0 saturated heterocycles. The highest BCUT2D eigenvalue weighted by molar-refractivity contribution is 5.91. The fourth-order valence-corrected chi connectivity index (χ4v) is 4.63. The first kappa shape index (κ1) is 23.8. The Kier molecular flexibility index (Phi) is 5.73. The molecule has 11 heteroatoms. The maximum absolute atomic E-state index is 14.7. The highest BCUT2D eigenvalue weighted by Crippen LogP contribution is 2.41. The Morgan fingerprint density at radius 3 is 2.58 bits per heavy atom. The molecule has 0 bridgehead atoms. The summed E-state index contributed by atoms with van der Waals surface area (Å²) < 4.78 is 71.4. The van der Waals surface area contributed by atoms with Gasteiger partial charge in [-0.2, -0.15) is 18.3 Å². The van der Waals surface area contributed by atoms with E-state index in [0.717, 1.165) is 19.3 Å². The number of nitrogens with zero attached hydrogens (tertiary/aromatic N) is 5. The van der Waals surface area contributed by atoms with Crippen LogP contribution in [0.1, 0.15) is 23.1 Å². The molecule has 1 aliphatic carbocycles. The van der Waals surface area contributed by atoms with Crippen molar-refractivity contribution in [3.8, 4) is 17.0 Å². The van der Waals surface area contributed by atoms with Crippen LogP contribution in [0.2, 0.25) is 0 Å². The van der Waals surface area contributed by atoms with E-state index in [9.17, 15) is 27.1 Å². The van der Waals surface area contributed by atoms with Crippen LogP contribution in [-0.2, 0) is 26.1 Å². The molecule has 0 fully saturated rings. The van der Waals surface area contributed by atoms with E-state index in [1.54, 1.807) is 11.6 Å². The van der Waals surface area contributed by atoms with Crippen molar-refractivity contribution in [2.24, 2.45) is 13.0 Å². The molecule has 36 heavy (non-hydrogen) atoms. The van der Waals surface area contributed by atoms with Crippen molar-refractivity contribution in [3.05, 3.63) is 64.9 Å². The van der Waals surface area contributed by atoms with E-state index in [2.05, 4.69) is 27.2 Å². The number of phenols is 1. The second-order valence-electron chi connectivity index (χ2n) is 8.86. The van der Waals surface area contributed by atoms with Gasteiger partial charge in [-0.25, -0.2) is 18.0 Å². The molecule has 2 aromatic carbocycles. The van der Waals surface area contributed by atoms with E-state index in [-0.39, 0.29) is 22.6 Å². The molecule has 1 N–H and O–H groups in total. The maximum atomic E-state index is 14.7. The number of rotatable bonds is 3. The van der Waals surface area contributed by atoms with Crippen molar-refractivity contribution in [2.75, 3.05) is 7.05 Å². The van der Waals surface area contributed by atoms with Crippen LogP contribution < -0.4 is 0 Å². The first-order chi connectivity index (χ1) is 17.0. The first-order valence-electron chi connectivity index (χ1n) is 11.2. The lowest BCUT2D eigenvalue weighted by molar-refractivity contribution is -0.411. The third-order valence-electron chi connectivity index (χ3n) is 6.44. The van der Waals surface area contributed by atoms with E-state index in [1.165, 1.54) is 29.1 Å². The van der Waals surface area contributed by atoms with Gasteiger partial charge in [-0.1, -0.05) is 29.2 Å². The molecule has 4 aromatic rings. The number of aryl methyl sites for hydroxylation is 2. The predicted molar refractivity (Wildman–Crippen MR) is 122 cm³/mol. The van der Waals surface area contributed by atoms with E-state index >= 15 is 0 Å². The molecule has 0 spiro atoms. The smallest absolute Gasteiger partial charge is 0.434 e. The summed E-state index contributed by atoms with van der Waals surface area (Å²) in [7, 11) is 3.29. The zero-order valence-corrected chi connectivity index (χ0v) is 19.3. The zero-order chi connectivity index (χ0) is 25.8. The molecule has 1 atom stereocenters. The van der Waals surface area contributed by atoms with Crippen molar-refractivity contribution in [1.82, 2.24) is 19.7 Å². The lowest BCUT2D eigenvalue weighted by atomic mass is 9.84. The molecular formula is C25H21F5N5O+. The number of phenolic OH excluding ortho intramolecular Hbond substituents is 1. The lowest BCUT2D eigenvalue weighted by Crippen LogP contribution is -2.19. The first-order valence-corrected chi connectivity index (χ1v) is 11.2. The SMILES string of the molecule is Cn1nc(-c2cc(C(F)(F)F)c(F)c(O)c2F)c2cnc(/[N+](C)=C\C3CCc4ccccc4C3)nc21. The molecule has 1 aliphatic rings. The number of aromatic hydroxyl groups is 1. The van der Waals surface area contributed by atoms with Gasteiger partial charge in [-0.15, -0.1) is 0 Å². The number of alkyl halides is 3. The summed E-state index contributed by atoms with van der Waals surface area (Å²) >= 11 is 0. The summed E-state index contributed by atoms with van der Waals surface area (Å²) in [5.41, 5.74) is 0.139. The van der Waals surface area contributed by atoms with E-state index in [4.69, 9.17) is 0 Å². The Bertz CT molecular complexity index is 1530. The van der Waals surface area contributed by atoms with Crippen LogP contribution in [0.4, 0.5) is 27.9 Å². The molecule has 2 aromatic heterocycles. The monoisotopic (exact) mass is 502 g/mol. The minimum atomic E-state index is -5.14. The highest BCUT2D eigenvalue weighted by atomic mass is 19.4. The predicted octanol–water partition coefficient (Wildman–Crippen LogP) is 5.18. The third-order valence-corrected chi connectivity index (χ3v) is 6.44. The number of benzene rings is 2. The number of hydrogen-bond donors (Lipinski definition) is 1. The van der Waals surface area contributed by atoms with Gasteiger partial charge in [0.05, 0.1) is 18.0 Å². The van der Waals surface area contributed by atoms with Crippen LogP contribution in [0.5, 0.6) is 5.75 Å². The zero-order valence-electron chi connectivity index (χ0n) is 19.3. The van der Waals surface area contributed by atoms with Gasteiger partial charge in [-0.3, -0.25) is 0 Å². The van der Waals surface area contributed by atoms with Gasteiger partial charge in [0.2, 0.25) is 5.65 Å². The van der Waals surface area contributed by atoms with Gasteiger partial charge < -0.3 is 5.11 Å². The summed E-state index contributed by atoms with van der Waals surface area (Å²) in [6.07, 6.45) is 1.03. The maximum Gasteiger partial charge on any atom is 0.434 e. The number of aromatic nitrogens is 4. The highest BCUT2D eigenvalue weighted by Gasteiger charge is 2.38. The molecule has 5 rings (SSSR count). The Morgan fingerprint density at radius 2 is 1.86 bits per heavy atom. The number of halogens is 5. The summed E-state index contributed by atoms with van der Waals surface area (Å²) in [6.45, 7) is 0. The van der Waals surface area contributed by atoms with Crippen molar-refractivity contribution >= 4 is 23.2 Å². The minimum Gasteiger partial charge on any atom is -0.503 e. The van der Waals surface area contributed by atoms with Gasteiger partial charge in [0.1, 0.15) is 11.9 Å². The lowest BCUT2D eigenvalue weighted by Gasteiger charge is -2.21. The Labute approximate surface area is 202 Å². The second-order valence-corrected chi connectivity index (χ2v) is 8.86. The fourth-order valence-electron chi connectivity index (χ4n) is 4.63. The Balaban J connectivity index is 1.53. The fraction of sp³-hybridized carbons (Fsp3) is 0.280. The van der Waals surface area contributed by atoms with Crippen LogP contribution in [0.3, 0.4) is 0 Å². The molecule has 0 saturated carbocycles. The van der Waals surface area contributed by atoms with Crippen molar-refractivity contribution < 1.29 is 31.6 Å². The molecular weight excluding hydrogens is 481 g/mol. The van der Waals surface area contributed by atoms with Gasteiger partial charge in [0.25, 0.3) is 0 Å². The summed E-state index contributed by atoms with van der Waals surface area (Å²) in [5, 5.41) is 13.9. The topological polar surface area (TPSA) is 66.8 Å². The average Bonchev–Trinajstić information content (AvgIpc) is 3.17. The Morgan fingerprint density at radius 1 is 1.14 bits per heavy atom. The third kappa shape index (κ3) is 4.08. The van der Waals surface area contributed by atoms with Crippen LogP contribution in [-0.4, -0.2) is 42.7 Å². The summed E-state index contributed by atoms with van der Waals surface area (Å²) in [6, 6.07) is 8.59. The standard InChI is InChI=1S/C25H20F5N5O/c1-34(12-13-7-8-14-5-3-4-6-15(14)9-13)24-31-11-17-21(33-35(2)23(17)32-24)16-10-18(25(28,29)30)20(27)22(36)19(16)26/h3-6,10-13H,7-9H2,1-2H3/p+1/b34-12-. The van der Waals surface area contributed by atoms with E-state index in [0.29, 0.717) is 12.0 Å². The van der Waals surface area contributed by atoms with Crippen LogP contribution in [0.25, 0.3) is 22.3 Å². The van der Waals surface area contributed by atoms with Gasteiger partial charge in [0.15, 0.2) is 17.4 Å². The van der Waals surface area contributed by atoms with Crippen LogP contribution >= 0.6 is 0 Å². The second kappa shape index (κ2) is 8.65. The summed E-state index contributed by atoms with van der Waals surface area (Å²) in [4.78, 5) is 8.78. The molecule has 0 radical (unpaired) electrons. The molecule has 0 aliphatic heterocycles. The Hall–Kier alpha value is -3.89. The minimum absolute atomic E-state index is 0.152. The van der Waals surface area contributed by atoms with E-state index in [1.807, 2.05) is 18.3 Å². The molecule has 6 nitrogen and oxygen atoms in total. The number of hydrogen-bond acceptors (Lipinski definition) is 4. The summed E-state index contributed by atoms with van der Waals surface area (Å²) in [5.74, 6) is -4.75. The molecule has 2 heterocycles. The van der Waals surface area contributed by atoms with Crippen molar-refractivity contribution in [2.45, 2.75) is 25.4 Å². The molecule has 0 amide bonds. The quantitative estimate of drug-likeness (QED) is 0.238.